The van der Waals surface area contributed by atoms with Crippen LogP contribution in [0.4, 0.5) is 0 Å². The molecule has 1 rings (SSSR count). The quantitative estimate of drug-likeness (QED) is 0.222. The van der Waals surface area contributed by atoms with E-state index in [0.717, 1.165) is 0 Å². The van der Waals surface area contributed by atoms with E-state index in [1.54, 1.807) is 0 Å². The fourth-order valence-corrected chi connectivity index (χ4v) is 2.63. The van der Waals surface area contributed by atoms with Gasteiger partial charge in [-0.05, 0) is 6.42 Å². The van der Waals surface area contributed by atoms with Gasteiger partial charge in [0, 0.05) is 6.92 Å². The Morgan fingerprint density at radius 2 is 1.84 bits per heavy atom. The fraction of sp³-hybridized carbons (Fsp3) is 0.933. The van der Waals surface area contributed by atoms with E-state index in [2.05, 4.69) is 5.32 Å². The normalized spacial score (nSPS) is 33.5. The summed E-state index contributed by atoms with van der Waals surface area (Å²) in [5.41, 5.74) is 0. The topological polar surface area (TPSA) is 169 Å². The number of nitrogens with one attached hydrogen (secondary N) is 1. The van der Waals surface area contributed by atoms with Crippen LogP contribution in [-0.4, -0.2) is 98.7 Å². The predicted molar refractivity (Wildman–Crippen MR) is 84.2 cm³/mol. The van der Waals surface area contributed by atoms with Crippen molar-refractivity contribution in [1.82, 2.24) is 5.32 Å². The maximum absolute atomic E-state index is 11.3. The molecule has 5 unspecified atom stereocenters. The molecule has 0 spiro atoms. The zero-order chi connectivity index (χ0) is 19.1. The number of aliphatic hydroxyl groups is 6. The number of carbonyl (C=O) groups is 1. The summed E-state index contributed by atoms with van der Waals surface area (Å²) in [5.74, 6) is -0.454. The zero-order valence-electron chi connectivity index (χ0n) is 14.4. The van der Waals surface area contributed by atoms with E-state index in [1.807, 2.05) is 6.92 Å². The van der Waals surface area contributed by atoms with Crippen LogP contribution in [0.1, 0.15) is 26.7 Å². The van der Waals surface area contributed by atoms with Gasteiger partial charge in [-0.1, -0.05) is 13.3 Å². The van der Waals surface area contributed by atoms with E-state index in [0.29, 0.717) is 12.8 Å². The third kappa shape index (κ3) is 6.12. The fourth-order valence-electron chi connectivity index (χ4n) is 2.63. The Bertz CT molecular complexity index is 408. The van der Waals surface area contributed by atoms with Gasteiger partial charge >= 0.3 is 0 Å². The van der Waals surface area contributed by atoms with E-state index >= 15 is 0 Å². The number of rotatable bonds is 9. The maximum Gasteiger partial charge on any atom is 0.217 e. The van der Waals surface area contributed by atoms with Crippen LogP contribution >= 0.6 is 0 Å². The lowest BCUT2D eigenvalue weighted by Gasteiger charge is -2.40. The van der Waals surface area contributed by atoms with Crippen molar-refractivity contribution in [3.8, 4) is 0 Å². The summed E-state index contributed by atoms with van der Waals surface area (Å²) in [6.45, 7) is 2.13. The van der Waals surface area contributed by atoms with Gasteiger partial charge < -0.3 is 45.4 Å². The van der Waals surface area contributed by atoms with Crippen LogP contribution in [-0.2, 0) is 14.3 Å². The lowest BCUT2D eigenvalue weighted by atomic mass is 9.99. The highest BCUT2D eigenvalue weighted by Crippen LogP contribution is 2.22. The average molecular weight is 367 g/mol. The highest BCUT2D eigenvalue weighted by Gasteiger charge is 2.44. The second-order valence-corrected chi connectivity index (χ2v) is 6.18. The smallest absolute Gasteiger partial charge is 0.217 e. The standard InChI is InChI=1S/C15H29NO9/c1-3-4-9(19)11(20)8(16-7(2)18)6-24-15-14(23)13(22)12(21)10(5-17)25-15/h8-15,17,19-23H,3-6H2,1-2H3,(H,16,18)/t8-,9+,10?,11-,12?,13?,14?,15?/m0/s1. The highest BCUT2D eigenvalue weighted by atomic mass is 16.7. The van der Waals surface area contributed by atoms with Crippen molar-refractivity contribution in [2.75, 3.05) is 13.2 Å². The molecule has 0 aliphatic carbocycles. The first kappa shape index (κ1) is 22.2. The molecule has 1 fully saturated rings. The van der Waals surface area contributed by atoms with E-state index in [4.69, 9.17) is 14.6 Å². The molecule has 0 aromatic carbocycles. The van der Waals surface area contributed by atoms with Gasteiger partial charge in [-0.3, -0.25) is 4.79 Å². The minimum absolute atomic E-state index is 0.317. The monoisotopic (exact) mass is 367 g/mol. The summed E-state index contributed by atoms with van der Waals surface area (Å²) in [4.78, 5) is 11.3. The van der Waals surface area contributed by atoms with Crippen molar-refractivity contribution in [3.05, 3.63) is 0 Å². The molecule has 1 aliphatic rings. The molecule has 0 saturated carbocycles. The Balaban J connectivity index is 2.72. The van der Waals surface area contributed by atoms with Crippen LogP contribution in [0.3, 0.4) is 0 Å². The molecule has 0 aromatic heterocycles. The summed E-state index contributed by atoms with van der Waals surface area (Å²) >= 11 is 0. The molecule has 1 heterocycles. The van der Waals surface area contributed by atoms with Gasteiger partial charge in [0.05, 0.1) is 25.4 Å². The van der Waals surface area contributed by atoms with Crippen molar-refractivity contribution in [2.45, 2.75) is 75.6 Å². The Morgan fingerprint density at radius 1 is 1.20 bits per heavy atom. The van der Waals surface area contributed by atoms with Crippen molar-refractivity contribution >= 4 is 5.91 Å². The van der Waals surface area contributed by atoms with Crippen LogP contribution in [0.5, 0.6) is 0 Å². The molecular weight excluding hydrogens is 338 g/mol. The van der Waals surface area contributed by atoms with Gasteiger partial charge in [-0.25, -0.2) is 0 Å². The summed E-state index contributed by atoms with van der Waals surface area (Å²) in [6.07, 6.45) is -8.66. The molecule has 1 amide bonds. The first-order valence-corrected chi connectivity index (χ1v) is 8.28. The van der Waals surface area contributed by atoms with Gasteiger partial charge in [0.2, 0.25) is 5.91 Å². The van der Waals surface area contributed by atoms with Crippen LogP contribution in [0.15, 0.2) is 0 Å². The van der Waals surface area contributed by atoms with Gasteiger partial charge in [0.25, 0.3) is 0 Å². The molecular formula is C15H29NO9. The Morgan fingerprint density at radius 3 is 2.36 bits per heavy atom. The first-order chi connectivity index (χ1) is 11.7. The molecule has 7 N–H and O–H groups in total. The third-order valence-electron chi connectivity index (χ3n) is 4.07. The van der Waals surface area contributed by atoms with Crippen LogP contribution in [0.2, 0.25) is 0 Å². The second-order valence-electron chi connectivity index (χ2n) is 6.18. The number of carbonyl (C=O) groups excluding carboxylic acids is 1. The summed E-state index contributed by atoms with van der Waals surface area (Å²) < 4.78 is 10.5. The van der Waals surface area contributed by atoms with Crippen molar-refractivity contribution in [1.29, 1.82) is 0 Å². The highest BCUT2D eigenvalue weighted by molar-refractivity contribution is 5.73. The van der Waals surface area contributed by atoms with Crippen LogP contribution in [0, 0.1) is 0 Å². The molecule has 1 aliphatic heterocycles. The van der Waals surface area contributed by atoms with Gasteiger partial charge in [-0.15, -0.1) is 0 Å². The largest absolute Gasteiger partial charge is 0.394 e. The summed E-state index contributed by atoms with van der Waals surface area (Å²) in [6, 6.07) is -0.980. The minimum Gasteiger partial charge on any atom is -0.394 e. The lowest BCUT2D eigenvalue weighted by molar-refractivity contribution is -0.303. The van der Waals surface area contributed by atoms with E-state index in [-0.39, 0.29) is 6.61 Å². The first-order valence-electron chi connectivity index (χ1n) is 8.28. The third-order valence-corrected chi connectivity index (χ3v) is 4.07. The Labute approximate surface area is 146 Å². The lowest BCUT2D eigenvalue weighted by Crippen LogP contribution is -2.60. The predicted octanol–water partition coefficient (Wildman–Crippen LogP) is -3.17. The number of amides is 1. The van der Waals surface area contributed by atoms with Gasteiger partial charge in [0.15, 0.2) is 6.29 Å². The van der Waals surface area contributed by atoms with E-state index < -0.39 is 61.5 Å². The zero-order valence-corrected chi connectivity index (χ0v) is 14.4. The molecule has 0 bridgehead atoms. The SMILES string of the molecule is CCC[C@@H](O)[C@@H](O)[C@H](COC1OC(CO)C(O)C(O)C1O)NC(C)=O. The molecule has 25 heavy (non-hydrogen) atoms. The molecule has 0 radical (unpaired) electrons. The second kappa shape index (κ2) is 10.3. The average Bonchev–Trinajstić information content (AvgIpc) is 2.57. The summed E-state index contributed by atoms with van der Waals surface area (Å²) in [5, 5.41) is 61.0. The Kier molecular flexibility index (Phi) is 9.17. The maximum atomic E-state index is 11.3. The van der Waals surface area contributed by atoms with E-state index in [9.17, 15) is 30.3 Å². The number of hydrogen-bond donors (Lipinski definition) is 7. The summed E-state index contributed by atoms with van der Waals surface area (Å²) in [7, 11) is 0. The molecule has 8 atom stereocenters. The van der Waals surface area contributed by atoms with Gasteiger partial charge in [-0.2, -0.15) is 0 Å². The molecule has 10 nitrogen and oxygen atoms in total. The molecule has 148 valence electrons. The van der Waals surface area contributed by atoms with Gasteiger partial charge in [0.1, 0.15) is 30.5 Å². The van der Waals surface area contributed by atoms with Crippen LogP contribution in [0.25, 0.3) is 0 Å². The van der Waals surface area contributed by atoms with Crippen molar-refractivity contribution < 1.29 is 44.9 Å². The number of aliphatic hydroxyl groups excluding tert-OH is 6. The minimum atomic E-state index is -1.59. The number of ether oxygens (including phenoxy) is 2. The van der Waals surface area contributed by atoms with E-state index in [1.165, 1.54) is 6.92 Å². The molecule has 10 heteroatoms. The molecule has 1 saturated heterocycles. The Hall–Kier alpha value is -0.850. The van der Waals surface area contributed by atoms with Crippen LogP contribution < -0.4 is 5.32 Å². The molecule has 0 aromatic rings. The van der Waals surface area contributed by atoms with Crippen molar-refractivity contribution in [2.24, 2.45) is 0 Å². The van der Waals surface area contributed by atoms with Crippen molar-refractivity contribution in [3.63, 3.8) is 0 Å². The number of hydrogen-bond acceptors (Lipinski definition) is 9.